The van der Waals surface area contributed by atoms with E-state index in [1.54, 1.807) is 27.6 Å². The number of hydrogen-bond acceptors (Lipinski definition) is 5. The maximum absolute atomic E-state index is 12.6. The number of thiophene rings is 2. The van der Waals surface area contributed by atoms with Crippen LogP contribution in [0.5, 0.6) is 0 Å². The first-order valence-electron chi connectivity index (χ1n) is 8.20. The van der Waals surface area contributed by atoms with E-state index in [9.17, 15) is 9.59 Å². The van der Waals surface area contributed by atoms with Crippen molar-refractivity contribution in [1.29, 1.82) is 0 Å². The summed E-state index contributed by atoms with van der Waals surface area (Å²) in [6.07, 6.45) is 1.21. The number of methoxy groups -OCH3 is 1. The van der Waals surface area contributed by atoms with Crippen LogP contribution < -0.4 is 5.32 Å². The van der Waals surface area contributed by atoms with Crippen LogP contribution in [0, 0.1) is 0 Å². The number of fused-ring (bicyclic) bond motifs is 3. The first-order chi connectivity index (χ1) is 12.2. The summed E-state index contributed by atoms with van der Waals surface area (Å²) in [5.74, 6) is -0.0194. The van der Waals surface area contributed by atoms with Gasteiger partial charge in [-0.05, 0) is 25.0 Å². The normalized spacial score (nSPS) is 15.6. The van der Waals surface area contributed by atoms with E-state index in [-0.39, 0.29) is 18.0 Å². The number of rotatable bonds is 2. The lowest BCUT2D eigenvalue weighted by Crippen LogP contribution is -2.46. The molecule has 1 aliphatic heterocycles. The Labute approximate surface area is 153 Å². The fourth-order valence-electron chi connectivity index (χ4n) is 3.20. The van der Waals surface area contributed by atoms with Crippen molar-refractivity contribution < 1.29 is 14.3 Å². The van der Waals surface area contributed by atoms with Gasteiger partial charge in [0.15, 0.2) is 0 Å². The van der Waals surface area contributed by atoms with Gasteiger partial charge in [0.05, 0.1) is 16.7 Å². The fourth-order valence-corrected chi connectivity index (χ4v) is 5.63. The van der Waals surface area contributed by atoms with Gasteiger partial charge in [-0.25, -0.2) is 4.79 Å². The average molecular weight is 374 g/mol. The van der Waals surface area contributed by atoms with Gasteiger partial charge in [-0.3, -0.25) is 4.79 Å². The van der Waals surface area contributed by atoms with Gasteiger partial charge in [0.1, 0.15) is 0 Å². The summed E-state index contributed by atoms with van der Waals surface area (Å²) in [5, 5.41) is 4.33. The summed E-state index contributed by atoms with van der Waals surface area (Å²) in [4.78, 5) is 26.5. The lowest BCUT2D eigenvalue weighted by molar-refractivity contribution is 0.0896. The van der Waals surface area contributed by atoms with E-state index in [1.807, 2.05) is 18.2 Å². The Morgan fingerprint density at radius 3 is 2.68 bits per heavy atom. The molecule has 0 unspecified atom stereocenters. The minimum atomic E-state index is -0.296. The highest BCUT2D eigenvalue weighted by molar-refractivity contribution is 7.33. The number of amides is 2. The smallest absolute Gasteiger partial charge is 0.409 e. The Morgan fingerprint density at radius 2 is 1.92 bits per heavy atom. The van der Waals surface area contributed by atoms with Crippen molar-refractivity contribution in [2.75, 3.05) is 20.2 Å². The summed E-state index contributed by atoms with van der Waals surface area (Å²) in [6, 6.07) is 10.4. The molecule has 1 aliphatic rings. The fraction of sp³-hybridized carbons (Fsp3) is 0.333. The molecule has 3 aromatic rings. The summed E-state index contributed by atoms with van der Waals surface area (Å²) in [6.45, 7) is 1.23. The monoisotopic (exact) mass is 374 g/mol. The van der Waals surface area contributed by atoms with Crippen LogP contribution in [0.1, 0.15) is 22.5 Å². The van der Waals surface area contributed by atoms with Gasteiger partial charge in [-0.2, -0.15) is 0 Å². The van der Waals surface area contributed by atoms with Crippen LogP contribution >= 0.6 is 22.7 Å². The third kappa shape index (κ3) is 3.09. The van der Waals surface area contributed by atoms with Crippen molar-refractivity contribution in [3.8, 4) is 0 Å². The third-order valence-electron chi connectivity index (χ3n) is 4.54. The number of carbonyl (C=O) groups is 2. The Kier molecular flexibility index (Phi) is 4.35. The topological polar surface area (TPSA) is 58.6 Å². The van der Waals surface area contributed by atoms with Gasteiger partial charge in [-0.15, -0.1) is 22.7 Å². The van der Waals surface area contributed by atoms with Gasteiger partial charge in [-0.1, -0.05) is 18.2 Å². The molecule has 0 saturated carbocycles. The molecule has 0 spiro atoms. The van der Waals surface area contributed by atoms with Crippen LogP contribution in [0.3, 0.4) is 0 Å². The summed E-state index contributed by atoms with van der Waals surface area (Å²) < 4.78 is 8.34. The molecule has 0 aliphatic carbocycles. The number of likely N-dealkylation sites (tertiary alicyclic amines) is 1. The van der Waals surface area contributed by atoms with Gasteiger partial charge in [0, 0.05) is 33.9 Å². The second-order valence-electron chi connectivity index (χ2n) is 6.11. The molecule has 4 rings (SSSR count). The quantitative estimate of drug-likeness (QED) is 0.735. The highest BCUT2D eigenvalue weighted by Gasteiger charge is 2.25. The molecular weight excluding hydrogens is 356 g/mol. The van der Waals surface area contributed by atoms with Gasteiger partial charge in [0.25, 0.3) is 5.91 Å². The lowest BCUT2D eigenvalue weighted by atomic mass is 10.1. The van der Waals surface area contributed by atoms with Crippen LogP contribution in [0.25, 0.3) is 19.5 Å². The summed E-state index contributed by atoms with van der Waals surface area (Å²) >= 11 is 3.28. The SMILES string of the molecule is COC(=O)N1CCC(NC(=O)c2cc3sc4ccccc4c3s2)CC1. The molecule has 7 heteroatoms. The Morgan fingerprint density at radius 1 is 1.16 bits per heavy atom. The van der Waals surface area contributed by atoms with Gasteiger partial charge < -0.3 is 15.0 Å². The minimum Gasteiger partial charge on any atom is -0.453 e. The molecular formula is C18H18N2O3S2. The van der Waals surface area contributed by atoms with Crippen LogP contribution in [-0.2, 0) is 4.74 Å². The maximum Gasteiger partial charge on any atom is 0.409 e. The molecule has 2 aromatic heterocycles. The molecule has 0 bridgehead atoms. The number of hydrogen-bond donors (Lipinski definition) is 1. The van der Waals surface area contributed by atoms with E-state index in [1.165, 1.54) is 21.9 Å². The van der Waals surface area contributed by atoms with Crippen molar-refractivity contribution in [2.24, 2.45) is 0 Å². The van der Waals surface area contributed by atoms with E-state index >= 15 is 0 Å². The van der Waals surface area contributed by atoms with Crippen LogP contribution in [0.4, 0.5) is 4.79 Å². The standard InChI is InChI=1S/C18H18N2O3S2/c1-23-18(22)20-8-6-11(7-9-20)19-17(21)15-10-14-16(25-15)12-4-2-3-5-13(12)24-14/h2-5,10-11H,6-9H2,1H3,(H,19,21). The maximum atomic E-state index is 12.6. The van der Waals surface area contributed by atoms with Crippen molar-refractivity contribution in [3.05, 3.63) is 35.2 Å². The number of benzene rings is 1. The molecule has 3 heterocycles. The molecule has 1 saturated heterocycles. The highest BCUT2D eigenvalue weighted by atomic mass is 32.1. The van der Waals surface area contributed by atoms with Crippen LogP contribution in [-0.4, -0.2) is 43.1 Å². The lowest BCUT2D eigenvalue weighted by Gasteiger charge is -2.31. The van der Waals surface area contributed by atoms with Crippen molar-refractivity contribution >= 4 is 54.2 Å². The molecule has 130 valence electrons. The molecule has 0 radical (unpaired) electrons. The predicted octanol–water partition coefficient (Wildman–Crippen LogP) is 4.08. The molecule has 1 N–H and O–H groups in total. The highest BCUT2D eigenvalue weighted by Crippen LogP contribution is 2.39. The Balaban J connectivity index is 1.45. The van der Waals surface area contributed by atoms with Crippen molar-refractivity contribution in [3.63, 3.8) is 0 Å². The van der Waals surface area contributed by atoms with E-state index in [2.05, 4.69) is 17.4 Å². The Hall–Kier alpha value is -2.12. The number of carbonyl (C=O) groups excluding carboxylic acids is 2. The first-order valence-corrected chi connectivity index (χ1v) is 9.84. The zero-order chi connectivity index (χ0) is 17.4. The van der Waals surface area contributed by atoms with E-state index < -0.39 is 0 Å². The number of nitrogens with zero attached hydrogens (tertiary/aromatic N) is 1. The van der Waals surface area contributed by atoms with E-state index in [4.69, 9.17) is 4.74 Å². The zero-order valence-corrected chi connectivity index (χ0v) is 15.4. The molecule has 1 fully saturated rings. The molecule has 25 heavy (non-hydrogen) atoms. The van der Waals surface area contributed by atoms with Gasteiger partial charge >= 0.3 is 6.09 Å². The number of ether oxygens (including phenoxy) is 1. The average Bonchev–Trinajstić information content (AvgIpc) is 3.19. The molecule has 5 nitrogen and oxygen atoms in total. The number of piperidine rings is 1. The molecule has 2 amide bonds. The van der Waals surface area contributed by atoms with Gasteiger partial charge in [0.2, 0.25) is 0 Å². The second-order valence-corrected chi connectivity index (χ2v) is 8.24. The third-order valence-corrected chi connectivity index (χ3v) is 6.95. The predicted molar refractivity (Wildman–Crippen MR) is 102 cm³/mol. The molecule has 0 atom stereocenters. The van der Waals surface area contributed by atoms with E-state index in [0.29, 0.717) is 13.1 Å². The second kappa shape index (κ2) is 6.65. The zero-order valence-electron chi connectivity index (χ0n) is 13.8. The Bertz CT molecular complexity index is 938. The molecule has 1 aromatic carbocycles. The first kappa shape index (κ1) is 16.4. The summed E-state index contributed by atoms with van der Waals surface area (Å²) in [5.41, 5.74) is 0. The number of nitrogens with one attached hydrogen (secondary N) is 1. The van der Waals surface area contributed by atoms with E-state index in [0.717, 1.165) is 22.4 Å². The van der Waals surface area contributed by atoms with Crippen LogP contribution in [0.15, 0.2) is 30.3 Å². The van der Waals surface area contributed by atoms with Crippen molar-refractivity contribution in [2.45, 2.75) is 18.9 Å². The summed E-state index contributed by atoms with van der Waals surface area (Å²) in [7, 11) is 1.39. The van der Waals surface area contributed by atoms with Crippen molar-refractivity contribution in [1.82, 2.24) is 10.2 Å². The van der Waals surface area contributed by atoms with Crippen LogP contribution in [0.2, 0.25) is 0 Å². The largest absolute Gasteiger partial charge is 0.453 e. The minimum absolute atomic E-state index is 0.0194.